The van der Waals surface area contributed by atoms with E-state index in [1.54, 1.807) is 6.92 Å². The molecule has 1 saturated heterocycles. The molecule has 1 unspecified atom stereocenters. The number of anilines is 1. The highest BCUT2D eigenvalue weighted by atomic mass is 32.2. The molecule has 2 aromatic heterocycles. The number of thioether (sulfide) groups is 1. The topological polar surface area (TPSA) is 183 Å². The number of hydrogen-bond acceptors (Lipinski definition) is 10. The molecule has 0 radical (unpaired) electrons. The summed E-state index contributed by atoms with van der Waals surface area (Å²) in [6.07, 6.45) is -2.04. The van der Waals surface area contributed by atoms with Crippen LogP contribution in [0.25, 0.3) is 11.2 Å². The number of rotatable bonds is 7. The molecular formula is C15H22N6O5S. The highest BCUT2D eigenvalue weighted by Crippen LogP contribution is 2.33. The Kier molecular flexibility index (Phi) is 5.81. The average Bonchev–Trinajstić information content (AvgIpc) is 3.14. The number of fused-ring (bicyclic) bond motifs is 1. The van der Waals surface area contributed by atoms with Crippen molar-refractivity contribution >= 4 is 34.7 Å². The molecule has 0 saturated carbocycles. The van der Waals surface area contributed by atoms with E-state index in [1.807, 2.05) is 0 Å². The van der Waals surface area contributed by atoms with E-state index in [0.29, 0.717) is 34.9 Å². The molecule has 0 aromatic carbocycles. The van der Waals surface area contributed by atoms with Crippen molar-refractivity contribution < 1.29 is 24.9 Å². The Morgan fingerprint density at radius 1 is 1.41 bits per heavy atom. The number of aliphatic hydroxyl groups excluding tert-OH is 2. The monoisotopic (exact) mass is 398 g/mol. The van der Waals surface area contributed by atoms with E-state index in [2.05, 4.69) is 15.0 Å². The van der Waals surface area contributed by atoms with Gasteiger partial charge < -0.3 is 31.5 Å². The summed E-state index contributed by atoms with van der Waals surface area (Å²) < 4.78 is 7.35. The van der Waals surface area contributed by atoms with Crippen LogP contribution in [0, 0.1) is 6.92 Å². The first-order valence-corrected chi connectivity index (χ1v) is 9.49. The zero-order valence-electron chi connectivity index (χ0n) is 14.6. The van der Waals surface area contributed by atoms with Gasteiger partial charge >= 0.3 is 5.97 Å². The number of nitrogens with zero attached hydrogens (tertiary/aromatic N) is 4. The van der Waals surface area contributed by atoms with Gasteiger partial charge in [0.25, 0.3) is 0 Å². The van der Waals surface area contributed by atoms with Crippen molar-refractivity contribution in [1.82, 2.24) is 19.5 Å². The molecule has 27 heavy (non-hydrogen) atoms. The summed E-state index contributed by atoms with van der Waals surface area (Å²) in [6.45, 7) is 1.69. The smallest absolute Gasteiger partial charge is 0.320 e. The van der Waals surface area contributed by atoms with Crippen LogP contribution >= 0.6 is 11.8 Å². The fourth-order valence-corrected chi connectivity index (χ4v) is 3.96. The van der Waals surface area contributed by atoms with Crippen LogP contribution in [0.15, 0.2) is 6.33 Å². The predicted molar refractivity (Wildman–Crippen MR) is 97.9 cm³/mol. The Morgan fingerprint density at radius 3 is 2.85 bits per heavy atom. The number of carboxylic acid groups (broad SMARTS) is 1. The summed E-state index contributed by atoms with van der Waals surface area (Å²) in [7, 11) is 0. The van der Waals surface area contributed by atoms with Crippen LogP contribution in [0.3, 0.4) is 0 Å². The van der Waals surface area contributed by atoms with Crippen molar-refractivity contribution in [1.29, 1.82) is 0 Å². The fraction of sp³-hybridized carbons (Fsp3) is 0.600. The van der Waals surface area contributed by atoms with E-state index in [1.165, 1.54) is 22.7 Å². The second-order valence-electron chi connectivity index (χ2n) is 6.33. The summed E-state index contributed by atoms with van der Waals surface area (Å²) in [5.41, 5.74) is 12.1. The summed E-state index contributed by atoms with van der Waals surface area (Å²) in [5, 5.41) is 29.5. The Morgan fingerprint density at radius 2 is 2.15 bits per heavy atom. The lowest BCUT2D eigenvalue weighted by atomic mass is 10.1. The first kappa shape index (κ1) is 19.8. The van der Waals surface area contributed by atoms with Gasteiger partial charge in [0.2, 0.25) is 0 Å². The molecule has 7 N–H and O–H groups in total. The minimum atomic E-state index is -1.18. The average molecular weight is 398 g/mol. The van der Waals surface area contributed by atoms with Gasteiger partial charge in [-0.25, -0.2) is 15.0 Å². The quantitative estimate of drug-likeness (QED) is 0.356. The van der Waals surface area contributed by atoms with Crippen molar-refractivity contribution in [3.8, 4) is 0 Å². The Bertz CT molecular complexity index is 832. The molecule has 3 rings (SSSR count). The van der Waals surface area contributed by atoms with Gasteiger partial charge in [-0.1, -0.05) is 0 Å². The summed E-state index contributed by atoms with van der Waals surface area (Å²) in [6, 6.07) is -0.920. The van der Waals surface area contributed by atoms with Crippen LogP contribution in [-0.2, 0) is 9.53 Å². The van der Waals surface area contributed by atoms with Crippen LogP contribution in [0.5, 0.6) is 0 Å². The third-order valence-corrected chi connectivity index (χ3v) is 5.43. The van der Waals surface area contributed by atoms with E-state index < -0.39 is 36.6 Å². The maximum absolute atomic E-state index is 10.7. The third kappa shape index (κ3) is 3.99. The molecule has 1 fully saturated rings. The van der Waals surface area contributed by atoms with Gasteiger partial charge in [-0.05, 0) is 19.1 Å². The number of aromatic nitrogens is 4. The van der Waals surface area contributed by atoms with E-state index in [-0.39, 0.29) is 5.82 Å². The number of aryl methyl sites for hydroxylation is 1. The molecule has 2 aromatic rings. The van der Waals surface area contributed by atoms with Crippen molar-refractivity contribution in [3.63, 3.8) is 0 Å². The predicted octanol–water partition coefficient (Wildman–Crippen LogP) is -1.13. The standard InChI is InChI=1S/C15H22N6O5S/c1-6-19-12(17)9-13(20-6)21(5-18-9)14-11(23)10(22)8(26-14)4-27-3-2-7(16)15(24)25/h5,7-8,10-11,14,22-23H,2-4,16H2,1H3,(H,24,25)(H2,17,19,20)/t7?,8-,10+,11-,14-/m1/s1. The van der Waals surface area contributed by atoms with Gasteiger partial charge in [0.05, 0.1) is 12.4 Å². The summed E-state index contributed by atoms with van der Waals surface area (Å²) in [5.74, 6) is 0.510. The second kappa shape index (κ2) is 7.94. The van der Waals surface area contributed by atoms with Gasteiger partial charge in [0, 0.05) is 5.75 Å². The van der Waals surface area contributed by atoms with E-state index in [0.717, 1.165) is 0 Å². The molecule has 5 atom stereocenters. The molecule has 0 spiro atoms. The normalized spacial score (nSPS) is 26.5. The first-order chi connectivity index (χ1) is 12.8. The Balaban J connectivity index is 1.68. The molecule has 148 valence electrons. The molecule has 12 heteroatoms. The van der Waals surface area contributed by atoms with Gasteiger partial charge in [-0.3, -0.25) is 9.36 Å². The second-order valence-corrected chi connectivity index (χ2v) is 7.48. The molecule has 0 amide bonds. The molecule has 3 heterocycles. The van der Waals surface area contributed by atoms with Crippen molar-refractivity contribution in [3.05, 3.63) is 12.2 Å². The zero-order valence-corrected chi connectivity index (χ0v) is 15.4. The molecule has 1 aliphatic heterocycles. The highest BCUT2D eigenvalue weighted by Gasteiger charge is 2.44. The van der Waals surface area contributed by atoms with Gasteiger partial charge in [-0.15, -0.1) is 0 Å². The Hall–Kier alpha value is -1.99. The number of imidazole rings is 1. The van der Waals surface area contributed by atoms with Crippen LogP contribution in [0.2, 0.25) is 0 Å². The summed E-state index contributed by atoms with van der Waals surface area (Å²) >= 11 is 1.40. The van der Waals surface area contributed by atoms with Crippen molar-refractivity contribution in [2.45, 2.75) is 43.9 Å². The van der Waals surface area contributed by atoms with Gasteiger partial charge in [0.15, 0.2) is 17.7 Å². The number of hydrogen-bond donors (Lipinski definition) is 5. The zero-order chi connectivity index (χ0) is 19.7. The highest BCUT2D eigenvalue weighted by molar-refractivity contribution is 7.99. The number of carboxylic acids is 1. The number of carbonyl (C=O) groups is 1. The van der Waals surface area contributed by atoms with Crippen LogP contribution in [-0.4, -0.2) is 76.7 Å². The molecule has 0 aliphatic carbocycles. The minimum absolute atomic E-state index is 0.228. The van der Waals surface area contributed by atoms with E-state index in [4.69, 9.17) is 21.3 Å². The lowest BCUT2D eigenvalue weighted by Gasteiger charge is -2.16. The number of aliphatic hydroxyl groups is 2. The lowest BCUT2D eigenvalue weighted by Crippen LogP contribution is -2.33. The van der Waals surface area contributed by atoms with Gasteiger partial charge in [-0.2, -0.15) is 11.8 Å². The minimum Gasteiger partial charge on any atom is -0.480 e. The first-order valence-electron chi connectivity index (χ1n) is 8.34. The third-order valence-electron chi connectivity index (χ3n) is 4.34. The lowest BCUT2D eigenvalue weighted by molar-refractivity contribution is -0.138. The number of nitrogens with two attached hydrogens (primary N) is 2. The molecule has 1 aliphatic rings. The van der Waals surface area contributed by atoms with Crippen LogP contribution in [0.1, 0.15) is 18.5 Å². The SMILES string of the molecule is Cc1nc(N)c2ncn([C@@H]3O[C@H](CSCCC(N)C(=O)O)[C@H](O)[C@H]3O)c2n1. The number of nitrogen functional groups attached to an aromatic ring is 1. The number of ether oxygens (including phenoxy) is 1. The maximum Gasteiger partial charge on any atom is 0.320 e. The fourth-order valence-electron chi connectivity index (χ4n) is 2.87. The summed E-state index contributed by atoms with van der Waals surface area (Å²) in [4.78, 5) is 23.2. The van der Waals surface area contributed by atoms with E-state index in [9.17, 15) is 15.0 Å². The number of aliphatic carboxylic acids is 1. The van der Waals surface area contributed by atoms with E-state index >= 15 is 0 Å². The Labute approximate surface area is 158 Å². The molecule has 0 bridgehead atoms. The largest absolute Gasteiger partial charge is 0.480 e. The van der Waals surface area contributed by atoms with Crippen LogP contribution in [0.4, 0.5) is 5.82 Å². The van der Waals surface area contributed by atoms with Crippen molar-refractivity contribution in [2.75, 3.05) is 17.2 Å². The maximum atomic E-state index is 10.7. The molecule has 11 nitrogen and oxygen atoms in total. The van der Waals surface area contributed by atoms with Crippen LogP contribution < -0.4 is 11.5 Å². The van der Waals surface area contributed by atoms with Crippen molar-refractivity contribution in [2.24, 2.45) is 5.73 Å². The molecular weight excluding hydrogens is 376 g/mol. The van der Waals surface area contributed by atoms with Gasteiger partial charge in [0.1, 0.15) is 29.6 Å².